The molecule has 0 aromatic rings. The molecule has 2 heterocycles. The van der Waals surface area contributed by atoms with Gasteiger partial charge in [0.2, 0.25) is 0 Å². The molecule has 2 aliphatic rings. The fourth-order valence-electron chi connectivity index (χ4n) is 2.80. The third-order valence-electron chi connectivity index (χ3n) is 4.09. The van der Waals surface area contributed by atoms with E-state index < -0.39 is 0 Å². The van der Waals surface area contributed by atoms with Crippen LogP contribution in [-0.4, -0.2) is 48.8 Å². The van der Waals surface area contributed by atoms with Crippen molar-refractivity contribution in [1.82, 2.24) is 10.2 Å². The molecule has 3 unspecified atom stereocenters. The molecule has 1 N–H and O–H groups in total. The van der Waals surface area contributed by atoms with E-state index in [4.69, 9.17) is 4.74 Å². The zero-order valence-corrected chi connectivity index (χ0v) is 10.3. The third kappa shape index (κ3) is 2.35. The minimum atomic E-state index is 0.306. The summed E-state index contributed by atoms with van der Waals surface area (Å²) < 4.78 is 5.66. The van der Waals surface area contributed by atoms with Crippen molar-refractivity contribution in [2.45, 2.75) is 51.3 Å². The monoisotopic (exact) mass is 212 g/mol. The molecule has 0 bridgehead atoms. The number of ether oxygens (including phenoxy) is 1. The zero-order valence-electron chi connectivity index (χ0n) is 10.3. The molecule has 3 heteroatoms. The van der Waals surface area contributed by atoms with E-state index in [9.17, 15) is 0 Å². The molecule has 88 valence electrons. The van der Waals surface area contributed by atoms with Gasteiger partial charge in [-0.25, -0.2) is 0 Å². The Kier molecular flexibility index (Phi) is 3.33. The zero-order chi connectivity index (χ0) is 10.9. The van der Waals surface area contributed by atoms with Crippen molar-refractivity contribution in [3.63, 3.8) is 0 Å². The van der Waals surface area contributed by atoms with Crippen LogP contribution in [0.15, 0.2) is 0 Å². The van der Waals surface area contributed by atoms with Crippen LogP contribution in [0.5, 0.6) is 0 Å². The first-order chi connectivity index (χ1) is 7.14. The van der Waals surface area contributed by atoms with Gasteiger partial charge in [-0.3, -0.25) is 4.90 Å². The van der Waals surface area contributed by atoms with Crippen LogP contribution in [0.3, 0.4) is 0 Å². The number of nitrogens with zero attached hydrogens (tertiary/aromatic N) is 1. The molecular weight excluding hydrogens is 188 g/mol. The van der Waals surface area contributed by atoms with Crippen LogP contribution in [0, 0.1) is 0 Å². The maximum Gasteiger partial charge on any atom is 0.0703 e. The van der Waals surface area contributed by atoms with Gasteiger partial charge in [-0.2, -0.15) is 0 Å². The molecule has 2 aliphatic heterocycles. The summed E-state index contributed by atoms with van der Waals surface area (Å²) in [6.45, 7) is 11.2. The Balaban J connectivity index is 1.97. The molecule has 0 aliphatic carbocycles. The van der Waals surface area contributed by atoms with E-state index in [1.54, 1.807) is 0 Å². The Labute approximate surface area is 93.2 Å². The molecule has 15 heavy (non-hydrogen) atoms. The maximum atomic E-state index is 5.66. The molecule has 0 aromatic carbocycles. The van der Waals surface area contributed by atoms with Crippen LogP contribution in [-0.2, 0) is 4.74 Å². The van der Waals surface area contributed by atoms with Gasteiger partial charge in [0.25, 0.3) is 0 Å². The summed E-state index contributed by atoms with van der Waals surface area (Å²) in [7, 11) is 0. The Morgan fingerprint density at radius 2 is 2.33 bits per heavy atom. The fraction of sp³-hybridized carbons (Fsp3) is 1.00. The smallest absolute Gasteiger partial charge is 0.0703 e. The summed E-state index contributed by atoms with van der Waals surface area (Å²) in [4.78, 5) is 2.62. The molecule has 3 atom stereocenters. The Hall–Kier alpha value is -0.120. The second-order valence-electron chi connectivity index (χ2n) is 5.24. The van der Waals surface area contributed by atoms with Gasteiger partial charge >= 0.3 is 0 Å². The topological polar surface area (TPSA) is 24.5 Å². The van der Waals surface area contributed by atoms with Crippen LogP contribution in [0.4, 0.5) is 0 Å². The average molecular weight is 212 g/mol. The van der Waals surface area contributed by atoms with Gasteiger partial charge < -0.3 is 10.1 Å². The summed E-state index contributed by atoms with van der Waals surface area (Å²) in [6, 6.07) is 0.651. The van der Waals surface area contributed by atoms with E-state index in [1.807, 2.05) is 0 Å². The Morgan fingerprint density at radius 3 is 2.93 bits per heavy atom. The van der Waals surface area contributed by atoms with Gasteiger partial charge in [0.05, 0.1) is 6.10 Å². The molecule has 2 rings (SSSR count). The minimum Gasteiger partial charge on any atom is -0.377 e. The minimum absolute atomic E-state index is 0.306. The molecule has 0 radical (unpaired) electrons. The lowest BCUT2D eigenvalue weighted by Crippen LogP contribution is -2.61. The predicted molar refractivity (Wildman–Crippen MR) is 62.1 cm³/mol. The number of hydrogen-bond acceptors (Lipinski definition) is 3. The van der Waals surface area contributed by atoms with Crippen molar-refractivity contribution >= 4 is 0 Å². The van der Waals surface area contributed by atoms with E-state index in [-0.39, 0.29) is 0 Å². The quantitative estimate of drug-likeness (QED) is 0.745. The number of nitrogens with one attached hydrogen (secondary N) is 1. The lowest BCUT2D eigenvalue weighted by atomic mass is 9.94. The van der Waals surface area contributed by atoms with Gasteiger partial charge in [-0.05, 0) is 26.7 Å². The van der Waals surface area contributed by atoms with Crippen molar-refractivity contribution in [2.24, 2.45) is 0 Å². The van der Waals surface area contributed by atoms with Gasteiger partial charge in [0, 0.05) is 37.8 Å². The molecule has 2 fully saturated rings. The number of rotatable bonds is 2. The highest BCUT2D eigenvalue weighted by molar-refractivity contribution is 4.94. The fourth-order valence-corrected chi connectivity index (χ4v) is 2.80. The summed E-state index contributed by atoms with van der Waals surface area (Å²) in [5, 5.41) is 3.63. The second kappa shape index (κ2) is 4.40. The van der Waals surface area contributed by atoms with Crippen molar-refractivity contribution in [3.8, 4) is 0 Å². The Bertz CT molecular complexity index is 222. The summed E-state index contributed by atoms with van der Waals surface area (Å²) in [6.07, 6.45) is 2.83. The predicted octanol–water partition coefficient (Wildman–Crippen LogP) is 1.24. The first-order valence-electron chi connectivity index (χ1n) is 6.25. The van der Waals surface area contributed by atoms with E-state index in [0.717, 1.165) is 13.2 Å². The van der Waals surface area contributed by atoms with Crippen LogP contribution in [0.25, 0.3) is 0 Å². The van der Waals surface area contributed by atoms with Gasteiger partial charge in [-0.1, -0.05) is 6.92 Å². The van der Waals surface area contributed by atoms with Crippen molar-refractivity contribution in [3.05, 3.63) is 0 Å². The lowest BCUT2D eigenvalue weighted by Gasteiger charge is -2.44. The van der Waals surface area contributed by atoms with Crippen LogP contribution in [0.2, 0.25) is 0 Å². The lowest BCUT2D eigenvalue weighted by molar-refractivity contribution is 0.0441. The Morgan fingerprint density at radius 1 is 1.53 bits per heavy atom. The number of piperazine rings is 1. The van der Waals surface area contributed by atoms with Crippen molar-refractivity contribution in [1.29, 1.82) is 0 Å². The first kappa shape index (κ1) is 11.4. The van der Waals surface area contributed by atoms with Gasteiger partial charge in [0.1, 0.15) is 0 Å². The van der Waals surface area contributed by atoms with Crippen LogP contribution in [0.1, 0.15) is 33.6 Å². The van der Waals surface area contributed by atoms with Gasteiger partial charge in [0.15, 0.2) is 0 Å². The van der Waals surface area contributed by atoms with Crippen molar-refractivity contribution in [2.75, 3.05) is 26.2 Å². The highest BCUT2D eigenvalue weighted by atomic mass is 16.5. The third-order valence-corrected chi connectivity index (χ3v) is 4.09. The van der Waals surface area contributed by atoms with Crippen LogP contribution < -0.4 is 5.32 Å². The molecule has 3 nitrogen and oxygen atoms in total. The molecule has 0 amide bonds. The molecule has 0 spiro atoms. The first-order valence-corrected chi connectivity index (χ1v) is 6.25. The van der Waals surface area contributed by atoms with E-state index in [2.05, 4.69) is 31.0 Å². The van der Waals surface area contributed by atoms with Crippen LogP contribution >= 0.6 is 0 Å². The largest absolute Gasteiger partial charge is 0.377 e. The summed E-state index contributed by atoms with van der Waals surface area (Å²) in [5.74, 6) is 0. The SMILES string of the molecule is CCC1(C)CN(C2CCOC2C)CCN1. The van der Waals surface area contributed by atoms with E-state index in [0.29, 0.717) is 17.7 Å². The summed E-state index contributed by atoms with van der Waals surface area (Å²) in [5.41, 5.74) is 0.306. The number of hydrogen-bond donors (Lipinski definition) is 1. The molecule has 0 saturated carbocycles. The van der Waals surface area contributed by atoms with Crippen molar-refractivity contribution < 1.29 is 4.74 Å². The molecule has 0 aromatic heterocycles. The standard InChI is InChI=1S/C12H24N2O/c1-4-12(3)9-14(7-6-13-12)11-5-8-15-10(11)2/h10-11,13H,4-9H2,1-3H3. The highest BCUT2D eigenvalue weighted by Gasteiger charge is 2.36. The molecular formula is C12H24N2O. The summed E-state index contributed by atoms with van der Waals surface area (Å²) >= 11 is 0. The maximum absolute atomic E-state index is 5.66. The van der Waals surface area contributed by atoms with Gasteiger partial charge in [-0.15, -0.1) is 0 Å². The highest BCUT2D eigenvalue weighted by Crippen LogP contribution is 2.24. The molecule has 2 saturated heterocycles. The average Bonchev–Trinajstić information content (AvgIpc) is 2.65. The normalized spacial score (nSPS) is 43.4. The van der Waals surface area contributed by atoms with E-state index >= 15 is 0 Å². The second-order valence-corrected chi connectivity index (χ2v) is 5.24. The van der Waals surface area contributed by atoms with E-state index in [1.165, 1.54) is 25.9 Å².